The number of furan rings is 1. The molecule has 6 nitrogen and oxygen atoms in total. The Labute approximate surface area is 151 Å². The fourth-order valence-electron chi connectivity index (χ4n) is 3.01. The summed E-state index contributed by atoms with van der Waals surface area (Å²) in [7, 11) is -3.78. The van der Waals surface area contributed by atoms with E-state index in [1.54, 1.807) is 13.8 Å². The molecule has 7 heteroatoms. The predicted octanol–water partition coefficient (Wildman–Crippen LogP) is 3.79. The van der Waals surface area contributed by atoms with Gasteiger partial charge in [0.25, 0.3) is 0 Å². The second kappa shape index (κ2) is 6.59. The topological polar surface area (TPSA) is 96.6 Å². The molecule has 0 radical (unpaired) electrons. The highest BCUT2D eigenvalue weighted by Gasteiger charge is 2.22. The minimum Gasteiger partial charge on any atom is -0.475 e. The van der Waals surface area contributed by atoms with E-state index in [1.165, 1.54) is 18.2 Å². The molecule has 0 aliphatic rings. The van der Waals surface area contributed by atoms with Crippen molar-refractivity contribution in [2.24, 2.45) is 0 Å². The number of aromatic carboxylic acids is 1. The van der Waals surface area contributed by atoms with E-state index in [4.69, 9.17) is 9.52 Å². The number of carboxylic acid groups (broad SMARTS) is 1. The number of carbonyl (C=O) groups is 1. The Bertz CT molecular complexity index is 1100. The van der Waals surface area contributed by atoms with E-state index in [-0.39, 0.29) is 10.7 Å². The summed E-state index contributed by atoms with van der Waals surface area (Å²) >= 11 is 0. The molecular formula is C19H19NO5S. The molecule has 0 spiro atoms. The standard InChI is InChI=1S/C19H19NO5S/c1-11-6-4-5-7-15(11)13(3)20-26(23,24)14-8-9-17-16(10-14)12(2)18(25-17)19(21)22/h4-10,13,20H,1-3H3,(H,21,22). The fourth-order valence-corrected chi connectivity index (χ4v) is 4.26. The molecule has 26 heavy (non-hydrogen) atoms. The van der Waals surface area contributed by atoms with Crippen LogP contribution in [0.4, 0.5) is 0 Å². The lowest BCUT2D eigenvalue weighted by Crippen LogP contribution is -2.27. The normalized spacial score (nSPS) is 13.0. The molecule has 0 saturated heterocycles. The highest BCUT2D eigenvalue weighted by atomic mass is 32.2. The van der Waals surface area contributed by atoms with Crippen molar-refractivity contribution in [3.8, 4) is 0 Å². The number of rotatable bonds is 5. The molecule has 0 aliphatic carbocycles. The van der Waals surface area contributed by atoms with Gasteiger partial charge in [-0.3, -0.25) is 0 Å². The predicted molar refractivity (Wildman–Crippen MR) is 97.8 cm³/mol. The summed E-state index contributed by atoms with van der Waals surface area (Å²) in [6.07, 6.45) is 0. The molecule has 1 heterocycles. The minimum atomic E-state index is -3.78. The lowest BCUT2D eigenvalue weighted by Gasteiger charge is -2.16. The van der Waals surface area contributed by atoms with Crippen LogP contribution in [-0.2, 0) is 10.0 Å². The Kier molecular flexibility index (Phi) is 4.60. The van der Waals surface area contributed by atoms with Crippen molar-refractivity contribution in [2.45, 2.75) is 31.7 Å². The first-order valence-corrected chi connectivity index (χ1v) is 9.53. The van der Waals surface area contributed by atoms with Crippen LogP contribution in [0, 0.1) is 13.8 Å². The van der Waals surface area contributed by atoms with Crippen LogP contribution < -0.4 is 4.72 Å². The van der Waals surface area contributed by atoms with Gasteiger partial charge in [-0.15, -0.1) is 0 Å². The maximum atomic E-state index is 12.8. The van der Waals surface area contributed by atoms with Crippen LogP contribution in [0.5, 0.6) is 0 Å². The number of fused-ring (bicyclic) bond motifs is 1. The quantitative estimate of drug-likeness (QED) is 0.709. The maximum absolute atomic E-state index is 12.8. The van der Waals surface area contributed by atoms with E-state index in [0.29, 0.717) is 16.5 Å². The Morgan fingerprint density at radius 1 is 1.15 bits per heavy atom. The third-order valence-electron chi connectivity index (χ3n) is 4.40. The molecule has 3 aromatic rings. The summed E-state index contributed by atoms with van der Waals surface area (Å²) in [6.45, 7) is 5.30. The van der Waals surface area contributed by atoms with Crippen molar-refractivity contribution in [1.29, 1.82) is 0 Å². The van der Waals surface area contributed by atoms with Crippen molar-refractivity contribution in [2.75, 3.05) is 0 Å². The first kappa shape index (κ1) is 18.2. The summed E-state index contributed by atoms with van der Waals surface area (Å²) in [5.74, 6) is -1.37. The molecular weight excluding hydrogens is 354 g/mol. The van der Waals surface area contributed by atoms with Gasteiger partial charge in [-0.1, -0.05) is 24.3 Å². The van der Waals surface area contributed by atoms with Gasteiger partial charge in [0.1, 0.15) is 5.58 Å². The summed E-state index contributed by atoms with van der Waals surface area (Å²) in [5, 5.41) is 9.61. The molecule has 2 N–H and O–H groups in total. The SMILES string of the molecule is Cc1ccccc1C(C)NS(=O)(=O)c1ccc2oc(C(=O)O)c(C)c2c1. The highest BCUT2D eigenvalue weighted by Crippen LogP contribution is 2.28. The average Bonchev–Trinajstić information content (AvgIpc) is 2.91. The number of hydrogen-bond acceptors (Lipinski definition) is 4. The molecule has 0 amide bonds. The number of sulfonamides is 1. The van der Waals surface area contributed by atoms with Gasteiger partial charge >= 0.3 is 5.97 Å². The number of benzene rings is 2. The van der Waals surface area contributed by atoms with Crippen molar-refractivity contribution < 1.29 is 22.7 Å². The van der Waals surface area contributed by atoms with Crippen LogP contribution in [0.25, 0.3) is 11.0 Å². The van der Waals surface area contributed by atoms with Gasteiger partial charge in [0, 0.05) is 17.0 Å². The molecule has 1 atom stereocenters. The summed E-state index contributed by atoms with van der Waals surface area (Å²) < 4.78 is 33.5. The van der Waals surface area contributed by atoms with Crippen LogP contribution in [0.3, 0.4) is 0 Å². The second-order valence-corrected chi connectivity index (χ2v) is 7.93. The number of aryl methyl sites for hydroxylation is 2. The number of hydrogen-bond donors (Lipinski definition) is 2. The van der Waals surface area contributed by atoms with Gasteiger partial charge in [0.15, 0.2) is 0 Å². The third kappa shape index (κ3) is 3.23. The molecule has 0 aliphatic heterocycles. The molecule has 2 aromatic carbocycles. The molecule has 3 rings (SSSR count). The fraction of sp³-hybridized carbons (Fsp3) is 0.211. The molecule has 0 fully saturated rings. The van der Waals surface area contributed by atoms with Gasteiger partial charge < -0.3 is 9.52 Å². The molecule has 136 valence electrons. The Balaban J connectivity index is 1.98. The van der Waals surface area contributed by atoms with E-state index in [0.717, 1.165) is 11.1 Å². The van der Waals surface area contributed by atoms with Crippen molar-refractivity contribution in [3.05, 3.63) is 64.9 Å². The molecule has 1 aromatic heterocycles. The minimum absolute atomic E-state index is 0.0614. The summed E-state index contributed by atoms with van der Waals surface area (Å²) in [4.78, 5) is 11.2. The van der Waals surface area contributed by atoms with E-state index < -0.39 is 22.0 Å². The zero-order valence-electron chi connectivity index (χ0n) is 14.6. The lowest BCUT2D eigenvalue weighted by molar-refractivity contribution is 0.0664. The molecule has 0 bridgehead atoms. The van der Waals surface area contributed by atoms with Crippen molar-refractivity contribution >= 4 is 27.0 Å². The molecule has 1 unspecified atom stereocenters. The van der Waals surface area contributed by atoms with Gasteiger partial charge in [-0.2, -0.15) is 0 Å². The number of nitrogens with one attached hydrogen (secondary N) is 1. The Morgan fingerprint density at radius 2 is 1.85 bits per heavy atom. The monoisotopic (exact) mass is 373 g/mol. The largest absolute Gasteiger partial charge is 0.475 e. The third-order valence-corrected chi connectivity index (χ3v) is 5.94. The van der Waals surface area contributed by atoms with E-state index >= 15 is 0 Å². The summed E-state index contributed by atoms with van der Waals surface area (Å²) in [6, 6.07) is 11.5. The summed E-state index contributed by atoms with van der Waals surface area (Å²) in [5.41, 5.74) is 2.63. The smallest absolute Gasteiger partial charge is 0.372 e. The lowest BCUT2D eigenvalue weighted by atomic mass is 10.0. The maximum Gasteiger partial charge on any atom is 0.372 e. The van der Waals surface area contributed by atoms with Gasteiger partial charge in [-0.25, -0.2) is 17.9 Å². The second-order valence-electron chi connectivity index (χ2n) is 6.22. The van der Waals surface area contributed by atoms with Crippen LogP contribution in [0.2, 0.25) is 0 Å². The van der Waals surface area contributed by atoms with Gasteiger partial charge in [0.2, 0.25) is 15.8 Å². The van der Waals surface area contributed by atoms with Crippen molar-refractivity contribution in [1.82, 2.24) is 4.72 Å². The molecule has 0 saturated carbocycles. The van der Waals surface area contributed by atoms with Crippen LogP contribution in [0.15, 0.2) is 51.8 Å². The van der Waals surface area contributed by atoms with E-state index in [9.17, 15) is 13.2 Å². The Hall–Kier alpha value is -2.64. The zero-order chi connectivity index (χ0) is 19.1. The first-order valence-electron chi connectivity index (χ1n) is 8.05. The van der Waals surface area contributed by atoms with Crippen LogP contribution in [-0.4, -0.2) is 19.5 Å². The van der Waals surface area contributed by atoms with Gasteiger partial charge in [-0.05, 0) is 50.1 Å². The average molecular weight is 373 g/mol. The van der Waals surface area contributed by atoms with Crippen molar-refractivity contribution in [3.63, 3.8) is 0 Å². The van der Waals surface area contributed by atoms with E-state index in [1.807, 2.05) is 31.2 Å². The van der Waals surface area contributed by atoms with E-state index in [2.05, 4.69) is 4.72 Å². The van der Waals surface area contributed by atoms with Crippen LogP contribution in [0.1, 0.15) is 40.2 Å². The highest BCUT2D eigenvalue weighted by molar-refractivity contribution is 7.89. The first-order chi connectivity index (χ1) is 12.2. The Morgan fingerprint density at radius 3 is 2.50 bits per heavy atom. The zero-order valence-corrected chi connectivity index (χ0v) is 15.4. The van der Waals surface area contributed by atoms with Crippen LogP contribution >= 0.6 is 0 Å². The number of carboxylic acids is 1. The van der Waals surface area contributed by atoms with Gasteiger partial charge in [0.05, 0.1) is 4.90 Å².